The van der Waals surface area contributed by atoms with Gasteiger partial charge in [0.25, 0.3) is 0 Å². The first kappa shape index (κ1) is 27.3. The quantitative estimate of drug-likeness (QED) is 0.109. The molecule has 0 bridgehead atoms. The summed E-state index contributed by atoms with van der Waals surface area (Å²) in [4.78, 5) is 5.96. The second kappa shape index (κ2) is 19.5. The molecule has 0 atom stereocenters. The average Bonchev–Trinajstić information content (AvgIpc) is 2.42. The van der Waals surface area contributed by atoms with E-state index in [2.05, 4.69) is 9.98 Å². The molecule has 0 spiro atoms. The minimum Gasteiger partial charge on any atom is -0.759 e. The predicted molar refractivity (Wildman–Crippen MR) is 94.9 cm³/mol. The van der Waals surface area contributed by atoms with Gasteiger partial charge in [0.1, 0.15) is 0 Å². The summed E-state index contributed by atoms with van der Waals surface area (Å²) in [6, 6.07) is 0. The van der Waals surface area contributed by atoms with Gasteiger partial charge in [-0.25, -0.2) is 0 Å². The van der Waals surface area contributed by atoms with Crippen LogP contribution in [0.5, 0.6) is 0 Å². The van der Waals surface area contributed by atoms with Crippen molar-refractivity contribution >= 4 is 44.3 Å². The van der Waals surface area contributed by atoms with Crippen molar-refractivity contribution in [2.45, 2.75) is 13.8 Å². The monoisotopic (exact) mass is 392 g/mol. The van der Waals surface area contributed by atoms with Gasteiger partial charge in [-0.05, 0) is 37.4 Å². The minimum atomic E-state index is -5.17. The molecule has 0 unspecified atom stereocenters. The van der Waals surface area contributed by atoms with E-state index >= 15 is 0 Å². The molecule has 10 N–H and O–H groups in total. The summed E-state index contributed by atoms with van der Waals surface area (Å²) in [6.07, 6.45) is 0. The third kappa shape index (κ3) is 44.9. The van der Waals surface area contributed by atoms with Crippen LogP contribution in [0.15, 0.2) is 0 Å². The molecule has 10 nitrogen and oxygen atoms in total. The Kier molecular flexibility index (Phi) is 23.1. The Bertz CT molecular complexity index is 385. The fourth-order valence-electron chi connectivity index (χ4n) is 0.788. The molecule has 0 fully saturated rings. The Morgan fingerprint density at radius 1 is 0.913 bits per heavy atom. The van der Waals surface area contributed by atoms with E-state index in [-0.39, 0.29) is 0 Å². The number of hydrogen-bond donors (Lipinski definition) is 6. The topological polar surface area (TPSA) is 212 Å². The number of nitrogens with one attached hydrogen (secondary N) is 2. The molecule has 140 valence electrons. The Morgan fingerprint density at radius 2 is 1.17 bits per heavy atom. The Labute approximate surface area is 146 Å². The van der Waals surface area contributed by atoms with Gasteiger partial charge < -0.3 is 20.6 Å². The van der Waals surface area contributed by atoms with E-state index in [1.807, 2.05) is 13.8 Å². The maximum absolute atomic E-state index is 8.52. The summed E-state index contributed by atoms with van der Waals surface area (Å²) in [5.41, 5.74) is 21.5. The van der Waals surface area contributed by atoms with Crippen LogP contribution in [0.3, 0.4) is 0 Å². The molecule has 0 radical (unpaired) electrons. The van der Waals surface area contributed by atoms with E-state index in [9.17, 15) is 0 Å². The van der Waals surface area contributed by atoms with Crippen LogP contribution in [0, 0.1) is 0 Å². The molecule has 0 saturated heterocycles. The van der Waals surface area contributed by atoms with Crippen molar-refractivity contribution in [1.82, 2.24) is 0 Å². The van der Waals surface area contributed by atoms with Crippen LogP contribution in [-0.2, 0) is 10.4 Å². The highest BCUT2D eigenvalue weighted by atomic mass is 32.3. The highest BCUT2D eigenvalue weighted by Gasteiger charge is 1.95. The number of rotatable bonds is 6. The van der Waals surface area contributed by atoms with Crippen LogP contribution in [0.1, 0.15) is 13.8 Å². The number of amidine groups is 2. The van der Waals surface area contributed by atoms with Crippen molar-refractivity contribution in [2.75, 3.05) is 37.7 Å². The van der Waals surface area contributed by atoms with Gasteiger partial charge in [0, 0.05) is 35.0 Å². The van der Waals surface area contributed by atoms with Crippen LogP contribution in [0.2, 0.25) is 0 Å². The summed E-state index contributed by atoms with van der Waals surface area (Å²) in [7, 11) is -5.17. The summed E-state index contributed by atoms with van der Waals surface area (Å²) < 4.78 is 34.1. The van der Waals surface area contributed by atoms with Crippen LogP contribution < -0.4 is 32.9 Å². The van der Waals surface area contributed by atoms with Crippen molar-refractivity contribution in [2.24, 2.45) is 22.9 Å². The molecule has 23 heavy (non-hydrogen) atoms. The first-order valence-corrected chi connectivity index (χ1v) is 9.97. The number of thioether (sulfide) groups is 2. The van der Waals surface area contributed by atoms with Gasteiger partial charge in [0.2, 0.25) is 0 Å². The molecule has 0 aromatic heterocycles. The van der Waals surface area contributed by atoms with E-state index in [1.165, 1.54) is 0 Å². The molecule has 0 saturated carbocycles. The summed E-state index contributed by atoms with van der Waals surface area (Å²) in [5, 5.41) is 1.53. The lowest BCUT2D eigenvalue weighted by Crippen LogP contribution is -2.73. The van der Waals surface area contributed by atoms with E-state index < -0.39 is 10.4 Å². The first-order valence-electron chi connectivity index (χ1n) is 6.67. The molecule has 0 aliphatic heterocycles. The normalized spacial score (nSPS) is 11.9. The van der Waals surface area contributed by atoms with Crippen LogP contribution in [0.4, 0.5) is 0 Å². The van der Waals surface area contributed by atoms with Gasteiger partial charge in [-0.2, -0.15) is 0 Å². The van der Waals surface area contributed by atoms with Crippen LogP contribution in [0.25, 0.3) is 0 Å². The lowest BCUT2D eigenvalue weighted by Gasteiger charge is -2.06. The molecule has 0 aliphatic rings. The van der Waals surface area contributed by atoms with E-state index in [1.54, 1.807) is 23.5 Å². The van der Waals surface area contributed by atoms with Crippen molar-refractivity contribution in [3.8, 4) is 0 Å². The predicted octanol–water partition coefficient (Wildman–Crippen LogP) is -5.15. The zero-order chi connectivity index (χ0) is 18.7. The zero-order valence-corrected chi connectivity index (χ0v) is 15.9. The van der Waals surface area contributed by atoms with Gasteiger partial charge in [-0.15, -0.1) is 0 Å². The molecule has 0 aromatic carbocycles. The Hall–Kier alpha value is -0.570. The smallest absolute Gasteiger partial charge is 0.301 e. The van der Waals surface area contributed by atoms with E-state index in [0.29, 0.717) is 13.1 Å². The highest BCUT2D eigenvalue weighted by molar-refractivity contribution is 8.13. The van der Waals surface area contributed by atoms with Crippen molar-refractivity contribution < 1.29 is 27.5 Å². The Balaban J connectivity index is -0.000000273. The summed E-state index contributed by atoms with van der Waals surface area (Å²) in [5.74, 6) is 1.78. The standard InChI is InChI=1S/2C5H13N3S.H2O4S/c2*1-2-8-5(7)9-4-3-6;1-5(2,3)4/h2*2-4,6H2,1H3,(H2,7,8);(H2,1,2,3,4). The molecule has 0 amide bonds. The second-order valence-corrected chi connectivity index (χ2v) is 6.56. The van der Waals surface area contributed by atoms with Crippen molar-refractivity contribution in [3.05, 3.63) is 0 Å². The van der Waals surface area contributed by atoms with Gasteiger partial charge in [-0.1, -0.05) is 0 Å². The fourth-order valence-corrected chi connectivity index (χ4v) is 1.96. The highest BCUT2D eigenvalue weighted by Crippen LogP contribution is 1.91. The van der Waals surface area contributed by atoms with Crippen LogP contribution in [-0.4, -0.2) is 65.5 Å². The maximum Gasteiger partial charge on any atom is 0.301 e. The van der Waals surface area contributed by atoms with Gasteiger partial charge in [0.05, 0.1) is 13.1 Å². The van der Waals surface area contributed by atoms with E-state index in [4.69, 9.17) is 40.5 Å². The third-order valence-electron chi connectivity index (χ3n) is 1.45. The average molecular weight is 393 g/mol. The first-order chi connectivity index (χ1) is 10.6. The molecule has 0 heterocycles. The third-order valence-corrected chi connectivity index (χ3v) is 3.24. The Morgan fingerprint density at radius 3 is 1.35 bits per heavy atom. The van der Waals surface area contributed by atoms with Crippen LogP contribution >= 0.6 is 23.5 Å². The van der Waals surface area contributed by atoms with E-state index in [0.717, 1.165) is 34.9 Å². The molecule has 13 heteroatoms. The van der Waals surface area contributed by atoms with Crippen molar-refractivity contribution in [1.29, 1.82) is 0 Å². The molecular weight excluding hydrogens is 364 g/mol. The molecular formula is C10H28N6O4S3. The molecule has 0 rings (SSSR count). The fraction of sp³-hybridized carbons (Fsp3) is 0.800. The van der Waals surface area contributed by atoms with Gasteiger partial charge in [-0.3, -0.25) is 29.9 Å². The summed E-state index contributed by atoms with van der Waals surface area (Å²) >= 11 is 3.12. The SMILES string of the molecule is CC[NH+]=C(N)SCCN.CC[NH+]=C(N)SCCN.O=S(=O)([O-])[O-]. The second-order valence-electron chi connectivity index (χ2n) is 3.47. The van der Waals surface area contributed by atoms with Crippen molar-refractivity contribution in [3.63, 3.8) is 0 Å². The number of hydrogen-bond acceptors (Lipinski definition) is 8. The molecule has 0 aliphatic carbocycles. The zero-order valence-electron chi connectivity index (χ0n) is 13.4. The lowest BCUT2D eigenvalue weighted by molar-refractivity contribution is -0.450. The van der Waals surface area contributed by atoms with Gasteiger partial charge in [0.15, 0.2) is 0 Å². The largest absolute Gasteiger partial charge is 0.759 e. The van der Waals surface area contributed by atoms with Gasteiger partial charge >= 0.3 is 10.3 Å². The minimum absolute atomic E-state index is 0.677. The number of nitrogens with two attached hydrogens (primary N) is 4. The molecule has 0 aromatic rings. The summed E-state index contributed by atoms with van der Waals surface area (Å²) in [6.45, 7) is 7.13. The maximum atomic E-state index is 8.52. The lowest BCUT2D eigenvalue weighted by atomic mass is 10.8.